The molecule has 2 aromatic carbocycles. The molecule has 0 radical (unpaired) electrons. The number of hydrogen-bond donors (Lipinski definition) is 1. The monoisotopic (exact) mass is 543 g/mol. The second kappa shape index (κ2) is 11.0. The van der Waals surface area contributed by atoms with Gasteiger partial charge >= 0.3 is 12.6 Å². The highest BCUT2D eigenvalue weighted by Crippen LogP contribution is 2.36. The standard InChI is InChI=1S/C31H31F2N5O2/c1-5-21-9-11-22(12-10-21)24-16-26-27(17-24)34-19-35-28(26)37-13-14-38(31(3,4)18-37)30(39)36-20(2)23-7-6-8-25(15-23)40-29(32)33/h1,6-12,15-16,19-20,29H,13-14,17-18H2,2-4H3,(H,36,39)/t20-/m0/s1. The number of carbonyl (C=O) groups excluding carboxylic acids is 1. The van der Waals surface area contributed by atoms with Crippen LogP contribution in [0.5, 0.6) is 5.75 Å². The molecule has 0 saturated carbocycles. The third-order valence-electron chi connectivity index (χ3n) is 7.41. The van der Waals surface area contributed by atoms with Crippen molar-refractivity contribution in [3.63, 3.8) is 0 Å². The van der Waals surface area contributed by atoms with Crippen molar-refractivity contribution in [1.82, 2.24) is 20.2 Å². The summed E-state index contributed by atoms with van der Waals surface area (Å²) >= 11 is 0. The summed E-state index contributed by atoms with van der Waals surface area (Å²) in [4.78, 5) is 26.5. The normalized spacial score (nSPS) is 16.7. The molecule has 3 aromatic rings. The zero-order chi connectivity index (χ0) is 28.4. The molecule has 1 atom stereocenters. The van der Waals surface area contributed by atoms with E-state index in [0.717, 1.165) is 33.8 Å². The van der Waals surface area contributed by atoms with E-state index in [9.17, 15) is 13.6 Å². The number of hydrogen-bond acceptors (Lipinski definition) is 5. The van der Waals surface area contributed by atoms with Crippen molar-refractivity contribution in [3.05, 3.63) is 82.8 Å². The Hall–Kier alpha value is -4.45. The lowest BCUT2D eigenvalue weighted by molar-refractivity contribution is -0.0499. The predicted molar refractivity (Wildman–Crippen MR) is 151 cm³/mol. The van der Waals surface area contributed by atoms with Gasteiger partial charge in [0, 0.05) is 37.2 Å². The van der Waals surface area contributed by atoms with E-state index < -0.39 is 18.2 Å². The third-order valence-corrected chi connectivity index (χ3v) is 7.41. The van der Waals surface area contributed by atoms with E-state index in [-0.39, 0.29) is 11.8 Å². The molecule has 1 saturated heterocycles. The van der Waals surface area contributed by atoms with Gasteiger partial charge in [-0.3, -0.25) is 0 Å². The fraction of sp³-hybridized carbons (Fsp3) is 0.323. The number of ether oxygens (including phenoxy) is 1. The number of rotatable bonds is 6. The molecule has 5 rings (SSSR count). The highest BCUT2D eigenvalue weighted by Gasteiger charge is 2.38. The van der Waals surface area contributed by atoms with Gasteiger partial charge < -0.3 is 19.9 Å². The van der Waals surface area contributed by atoms with Gasteiger partial charge in [-0.1, -0.05) is 30.2 Å². The molecule has 9 heteroatoms. The Morgan fingerprint density at radius 1 is 1.15 bits per heavy atom. The quantitative estimate of drug-likeness (QED) is 0.414. The zero-order valence-electron chi connectivity index (χ0n) is 22.7. The second-order valence-corrected chi connectivity index (χ2v) is 10.6. The molecule has 1 N–H and O–H groups in total. The molecule has 2 amide bonds. The van der Waals surface area contributed by atoms with Crippen molar-refractivity contribution < 1.29 is 18.3 Å². The summed E-state index contributed by atoms with van der Waals surface area (Å²) in [6.07, 6.45) is 9.97. The van der Waals surface area contributed by atoms with E-state index in [4.69, 9.17) is 6.42 Å². The van der Waals surface area contributed by atoms with Gasteiger partial charge in [-0.25, -0.2) is 14.8 Å². The number of aromatic nitrogens is 2. The molecular weight excluding hydrogens is 512 g/mol. The number of fused-ring (bicyclic) bond motifs is 1. The number of terminal acetylenes is 1. The number of urea groups is 1. The molecule has 0 unspecified atom stereocenters. The van der Waals surface area contributed by atoms with Gasteiger partial charge in [0.1, 0.15) is 17.9 Å². The number of piperazine rings is 1. The van der Waals surface area contributed by atoms with Crippen LogP contribution in [-0.2, 0) is 6.42 Å². The van der Waals surface area contributed by atoms with Crippen LogP contribution >= 0.6 is 0 Å². The minimum absolute atomic E-state index is 0.0571. The van der Waals surface area contributed by atoms with E-state index in [0.29, 0.717) is 31.6 Å². The first-order valence-corrected chi connectivity index (χ1v) is 13.1. The van der Waals surface area contributed by atoms with E-state index in [1.807, 2.05) is 49.9 Å². The van der Waals surface area contributed by atoms with Crippen LogP contribution in [0.3, 0.4) is 0 Å². The summed E-state index contributed by atoms with van der Waals surface area (Å²) < 4.78 is 29.7. The van der Waals surface area contributed by atoms with E-state index in [2.05, 4.69) is 36.9 Å². The van der Waals surface area contributed by atoms with Crippen LogP contribution in [0.15, 0.2) is 54.9 Å². The summed E-state index contributed by atoms with van der Waals surface area (Å²) in [5, 5.41) is 3.01. The smallest absolute Gasteiger partial charge is 0.387 e. The Labute approximate surface area is 232 Å². The van der Waals surface area contributed by atoms with Crippen molar-refractivity contribution in [2.75, 3.05) is 24.5 Å². The number of benzene rings is 2. The maximum absolute atomic E-state index is 13.3. The SMILES string of the molecule is C#Cc1ccc(C2=Cc3c(ncnc3N3CCN(C(=O)N[C@@H](C)c4cccc(OC(F)F)c4)C(C)(C)C3)C2)cc1. The minimum atomic E-state index is -2.91. The van der Waals surface area contributed by atoms with Crippen molar-refractivity contribution in [3.8, 4) is 18.1 Å². The Balaban J connectivity index is 1.28. The molecule has 1 aliphatic heterocycles. The van der Waals surface area contributed by atoms with Crippen molar-refractivity contribution in [1.29, 1.82) is 0 Å². The average molecular weight is 544 g/mol. The van der Waals surface area contributed by atoms with E-state index >= 15 is 0 Å². The average Bonchev–Trinajstić information content (AvgIpc) is 3.37. The van der Waals surface area contributed by atoms with Crippen molar-refractivity contribution >= 4 is 23.5 Å². The molecule has 0 bridgehead atoms. The van der Waals surface area contributed by atoms with Gasteiger partial charge in [-0.2, -0.15) is 8.78 Å². The van der Waals surface area contributed by atoms with Crippen LogP contribution in [0.2, 0.25) is 0 Å². The van der Waals surface area contributed by atoms with Crippen LogP contribution in [0.1, 0.15) is 54.8 Å². The predicted octanol–water partition coefficient (Wildman–Crippen LogP) is 5.53. The molecule has 206 valence electrons. The number of carbonyl (C=O) groups is 1. The highest BCUT2D eigenvalue weighted by atomic mass is 19.3. The van der Waals surface area contributed by atoms with Crippen LogP contribution < -0.4 is 15.0 Å². The molecule has 2 heterocycles. The number of nitrogens with zero attached hydrogens (tertiary/aromatic N) is 4. The first-order valence-electron chi connectivity index (χ1n) is 13.1. The summed E-state index contributed by atoms with van der Waals surface area (Å²) in [5.41, 5.74) is 5.26. The molecule has 1 aliphatic carbocycles. The van der Waals surface area contributed by atoms with Gasteiger partial charge in [-0.15, -0.1) is 6.42 Å². The number of alkyl halides is 2. The molecule has 40 heavy (non-hydrogen) atoms. The van der Waals surface area contributed by atoms with Crippen molar-refractivity contribution in [2.24, 2.45) is 0 Å². The zero-order valence-corrected chi connectivity index (χ0v) is 22.7. The van der Waals surface area contributed by atoms with Crippen LogP contribution in [0.25, 0.3) is 11.6 Å². The van der Waals surface area contributed by atoms with Gasteiger partial charge in [0.05, 0.1) is 17.3 Å². The summed E-state index contributed by atoms with van der Waals surface area (Å²) in [6.45, 7) is 4.63. The molecule has 7 nitrogen and oxygen atoms in total. The fourth-order valence-electron chi connectivity index (χ4n) is 5.35. The maximum atomic E-state index is 13.3. The van der Waals surface area contributed by atoms with Gasteiger partial charge in [0.15, 0.2) is 0 Å². The Kier molecular flexibility index (Phi) is 7.44. The lowest BCUT2D eigenvalue weighted by Crippen LogP contribution is -2.63. The van der Waals surface area contributed by atoms with Crippen LogP contribution in [0, 0.1) is 12.3 Å². The van der Waals surface area contributed by atoms with Crippen LogP contribution in [0.4, 0.5) is 19.4 Å². The maximum Gasteiger partial charge on any atom is 0.387 e. The summed E-state index contributed by atoms with van der Waals surface area (Å²) in [5.74, 6) is 3.57. The Morgan fingerprint density at radius 3 is 2.62 bits per heavy atom. The second-order valence-electron chi connectivity index (χ2n) is 10.6. The van der Waals surface area contributed by atoms with Gasteiger partial charge in [0.25, 0.3) is 0 Å². The largest absolute Gasteiger partial charge is 0.435 e. The first-order chi connectivity index (χ1) is 19.1. The van der Waals surface area contributed by atoms with Crippen molar-refractivity contribution in [2.45, 2.75) is 45.4 Å². The number of halogens is 2. The minimum Gasteiger partial charge on any atom is -0.435 e. The summed E-state index contributed by atoms with van der Waals surface area (Å²) in [7, 11) is 0. The number of allylic oxidation sites excluding steroid dienone is 1. The molecule has 1 fully saturated rings. The lowest BCUT2D eigenvalue weighted by Gasteiger charge is -2.47. The van der Waals surface area contributed by atoms with Gasteiger partial charge in [-0.05, 0) is 67.8 Å². The topological polar surface area (TPSA) is 70.6 Å². The highest BCUT2D eigenvalue weighted by molar-refractivity contribution is 5.91. The number of anilines is 1. The van der Waals surface area contributed by atoms with E-state index in [1.54, 1.807) is 18.5 Å². The fourth-order valence-corrected chi connectivity index (χ4v) is 5.35. The number of amides is 2. The molecule has 0 spiro atoms. The number of nitrogens with one attached hydrogen (secondary N) is 1. The summed E-state index contributed by atoms with van der Waals surface area (Å²) in [6, 6.07) is 13.7. The van der Waals surface area contributed by atoms with Gasteiger partial charge in [0.2, 0.25) is 0 Å². The van der Waals surface area contributed by atoms with Crippen LogP contribution in [-0.4, -0.2) is 52.7 Å². The first kappa shape index (κ1) is 27.1. The van der Waals surface area contributed by atoms with E-state index in [1.165, 1.54) is 12.1 Å². The lowest BCUT2D eigenvalue weighted by atomic mass is 9.98. The molecular formula is C31H31F2N5O2. The third kappa shape index (κ3) is 5.62. The Bertz CT molecular complexity index is 1480. The molecule has 2 aliphatic rings. The Morgan fingerprint density at radius 2 is 1.93 bits per heavy atom. The molecule has 1 aromatic heterocycles.